The Balaban J connectivity index is 4.50. The summed E-state index contributed by atoms with van der Waals surface area (Å²) in [5.74, 6) is -1.18. The number of carbonyl (C=O) groups excluding carboxylic acids is 3. The quantitative estimate of drug-likeness (QED) is 0.665. The fourth-order valence-electron chi connectivity index (χ4n) is 1.03. The summed E-state index contributed by atoms with van der Waals surface area (Å²) in [4.78, 5) is 33.1. The summed E-state index contributed by atoms with van der Waals surface area (Å²) in [6.45, 7) is 3.35. The monoisotopic (exact) mass is 216 g/mol. The summed E-state index contributed by atoms with van der Waals surface area (Å²) in [6, 6.07) is -0.907. The summed E-state index contributed by atoms with van der Waals surface area (Å²) in [5, 5.41) is 2.27. The van der Waals surface area contributed by atoms with Crippen LogP contribution < -0.4 is 11.1 Å². The van der Waals surface area contributed by atoms with Crippen LogP contribution in [0.3, 0.4) is 0 Å². The van der Waals surface area contributed by atoms with Crippen LogP contribution in [-0.2, 0) is 14.3 Å². The molecule has 6 heteroatoms. The van der Waals surface area contributed by atoms with Crippen LogP contribution in [0.15, 0.2) is 0 Å². The van der Waals surface area contributed by atoms with Crippen molar-refractivity contribution in [2.24, 2.45) is 11.7 Å². The van der Waals surface area contributed by atoms with E-state index in [-0.39, 0.29) is 18.1 Å². The molecule has 1 atom stereocenters. The van der Waals surface area contributed by atoms with Crippen LogP contribution >= 0.6 is 0 Å². The van der Waals surface area contributed by atoms with Crippen LogP contribution in [0.1, 0.15) is 20.3 Å². The minimum Gasteiger partial charge on any atom is -0.453 e. The van der Waals surface area contributed by atoms with Crippen LogP contribution in [0, 0.1) is 5.92 Å². The lowest BCUT2D eigenvalue weighted by Gasteiger charge is -2.17. The maximum atomic E-state index is 11.6. The summed E-state index contributed by atoms with van der Waals surface area (Å²) < 4.78 is 4.34. The second kappa shape index (κ2) is 6.00. The van der Waals surface area contributed by atoms with Gasteiger partial charge in [-0.2, -0.15) is 0 Å². The van der Waals surface area contributed by atoms with E-state index >= 15 is 0 Å². The molecule has 3 N–H and O–H groups in total. The zero-order chi connectivity index (χ0) is 12.0. The summed E-state index contributed by atoms with van der Waals surface area (Å²) in [6.07, 6.45) is -0.971. The number of ether oxygens (including phenoxy) is 1. The molecule has 0 rings (SSSR count). The first-order valence-corrected chi connectivity index (χ1v) is 4.55. The lowest BCUT2D eigenvalue weighted by molar-refractivity contribution is -0.127. The average molecular weight is 216 g/mol. The molecule has 6 nitrogen and oxygen atoms in total. The van der Waals surface area contributed by atoms with Crippen LogP contribution in [0.25, 0.3) is 0 Å². The molecule has 2 amide bonds. The van der Waals surface area contributed by atoms with E-state index in [0.717, 1.165) is 0 Å². The van der Waals surface area contributed by atoms with Gasteiger partial charge in [-0.15, -0.1) is 0 Å². The zero-order valence-corrected chi connectivity index (χ0v) is 9.07. The highest BCUT2D eigenvalue weighted by molar-refractivity contribution is 5.92. The van der Waals surface area contributed by atoms with Gasteiger partial charge in [0.2, 0.25) is 5.91 Å². The largest absolute Gasteiger partial charge is 0.453 e. The number of Topliss-reactive ketones (excluding diaryl/α,β-unsaturated/α-hetero) is 1. The molecule has 15 heavy (non-hydrogen) atoms. The van der Waals surface area contributed by atoms with Crippen LogP contribution in [0.5, 0.6) is 0 Å². The van der Waals surface area contributed by atoms with Gasteiger partial charge in [0, 0.05) is 5.92 Å². The van der Waals surface area contributed by atoms with E-state index in [1.807, 2.05) is 0 Å². The first-order chi connectivity index (χ1) is 6.88. The highest BCUT2D eigenvalue weighted by Crippen LogP contribution is 2.03. The number of hydrogen-bond donors (Lipinski definition) is 2. The summed E-state index contributed by atoms with van der Waals surface area (Å²) in [7, 11) is 1.18. The van der Waals surface area contributed by atoms with Gasteiger partial charge in [-0.25, -0.2) is 4.79 Å². The predicted octanol–water partition coefficient (Wildman–Crippen LogP) is -0.189. The Labute approximate surface area is 88.1 Å². The summed E-state index contributed by atoms with van der Waals surface area (Å²) in [5.41, 5.74) is 4.97. The SMILES string of the molecule is COC(=O)N[C@@H](CC(N)=O)C(=O)C(C)C. The molecule has 0 spiro atoms. The number of hydrogen-bond acceptors (Lipinski definition) is 4. The van der Waals surface area contributed by atoms with Gasteiger partial charge >= 0.3 is 6.09 Å². The predicted molar refractivity (Wildman–Crippen MR) is 53.0 cm³/mol. The van der Waals surface area contributed by atoms with Crippen LogP contribution in [0.4, 0.5) is 4.79 Å². The minimum atomic E-state index is -0.907. The molecule has 0 bridgehead atoms. The minimum absolute atomic E-state index is 0.216. The number of nitrogens with two attached hydrogens (primary N) is 1. The van der Waals surface area contributed by atoms with E-state index in [2.05, 4.69) is 10.1 Å². The molecular weight excluding hydrogens is 200 g/mol. The number of methoxy groups -OCH3 is 1. The molecule has 0 heterocycles. The van der Waals surface area contributed by atoms with Crippen molar-refractivity contribution < 1.29 is 19.1 Å². The Kier molecular flexibility index (Phi) is 5.36. The molecule has 0 aliphatic carbocycles. The van der Waals surface area contributed by atoms with E-state index in [0.29, 0.717) is 0 Å². The van der Waals surface area contributed by atoms with Gasteiger partial charge in [-0.3, -0.25) is 9.59 Å². The lowest BCUT2D eigenvalue weighted by Crippen LogP contribution is -2.44. The molecular formula is C9H16N2O4. The topological polar surface area (TPSA) is 98.5 Å². The van der Waals surface area contributed by atoms with Gasteiger partial charge in [0.15, 0.2) is 5.78 Å². The van der Waals surface area contributed by atoms with Gasteiger partial charge in [0.1, 0.15) is 0 Å². The third-order valence-corrected chi connectivity index (χ3v) is 1.80. The van der Waals surface area contributed by atoms with Gasteiger partial charge in [0.25, 0.3) is 0 Å². The van der Waals surface area contributed by atoms with Gasteiger partial charge in [-0.1, -0.05) is 13.8 Å². The lowest BCUT2D eigenvalue weighted by atomic mass is 9.99. The van der Waals surface area contributed by atoms with E-state index in [1.54, 1.807) is 13.8 Å². The average Bonchev–Trinajstić information content (AvgIpc) is 2.14. The van der Waals surface area contributed by atoms with E-state index in [4.69, 9.17) is 5.73 Å². The second-order valence-electron chi connectivity index (χ2n) is 3.42. The highest BCUT2D eigenvalue weighted by atomic mass is 16.5. The third-order valence-electron chi connectivity index (χ3n) is 1.80. The van der Waals surface area contributed by atoms with Crippen molar-refractivity contribution >= 4 is 17.8 Å². The normalized spacial score (nSPS) is 12.0. The Morgan fingerprint density at radius 1 is 1.33 bits per heavy atom. The van der Waals surface area contributed by atoms with Crippen molar-refractivity contribution in [1.29, 1.82) is 0 Å². The smallest absolute Gasteiger partial charge is 0.407 e. The first-order valence-electron chi connectivity index (χ1n) is 4.55. The molecule has 0 unspecified atom stereocenters. The zero-order valence-electron chi connectivity index (χ0n) is 9.07. The summed E-state index contributed by atoms with van der Waals surface area (Å²) >= 11 is 0. The molecule has 0 aliphatic rings. The van der Waals surface area contributed by atoms with E-state index in [9.17, 15) is 14.4 Å². The molecule has 0 saturated carbocycles. The van der Waals surface area contributed by atoms with Crippen molar-refractivity contribution in [2.75, 3.05) is 7.11 Å². The molecule has 0 aromatic carbocycles. The Hall–Kier alpha value is -1.59. The maximum Gasteiger partial charge on any atom is 0.407 e. The Morgan fingerprint density at radius 3 is 2.20 bits per heavy atom. The molecule has 0 aromatic heterocycles. The Morgan fingerprint density at radius 2 is 1.87 bits per heavy atom. The van der Waals surface area contributed by atoms with Crippen molar-refractivity contribution in [3.05, 3.63) is 0 Å². The van der Waals surface area contributed by atoms with Gasteiger partial charge in [0.05, 0.1) is 19.6 Å². The van der Waals surface area contributed by atoms with E-state index in [1.165, 1.54) is 7.11 Å². The molecule has 0 aliphatic heterocycles. The number of rotatable bonds is 5. The third kappa shape index (κ3) is 4.99. The van der Waals surface area contributed by atoms with Gasteiger partial charge < -0.3 is 15.8 Å². The van der Waals surface area contributed by atoms with E-state index < -0.39 is 18.0 Å². The highest BCUT2D eigenvalue weighted by Gasteiger charge is 2.24. The number of primary amides is 1. The number of ketones is 1. The molecule has 86 valence electrons. The first kappa shape index (κ1) is 13.4. The van der Waals surface area contributed by atoms with Crippen molar-refractivity contribution in [1.82, 2.24) is 5.32 Å². The molecule has 0 fully saturated rings. The molecule has 0 aromatic rings. The van der Waals surface area contributed by atoms with Crippen molar-refractivity contribution in [2.45, 2.75) is 26.3 Å². The van der Waals surface area contributed by atoms with Crippen molar-refractivity contribution in [3.63, 3.8) is 0 Å². The molecule has 0 radical (unpaired) electrons. The number of carbonyl (C=O) groups is 3. The number of alkyl carbamates (subject to hydrolysis) is 1. The maximum absolute atomic E-state index is 11.6. The number of nitrogens with one attached hydrogen (secondary N) is 1. The van der Waals surface area contributed by atoms with Crippen LogP contribution in [0.2, 0.25) is 0 Å². The van der Waals surface area contributed by atoms with Gasteiger partial charge in [-0.05, 0) is 0 Å². The van der Waals surface area contributed by atoms with Crippen molar-refractivity contribution in [3.8, 4) is 0 Å². The number of amides is 2. The second-order valence-corrected chi connectivity index (χ2v) is 3.42. The standard InChI is InChI=1S/C9H16N2O4/c1-5(2)8(13)6(4-7(10)12)11-9(14)15-3/h5-6H,4H2,1-3H3,(H2,10,12)(H,11,14)/t6-/m0/s1. The fraction of sp³-hybridized carbons (Fsp3) is 0.667. The fourth-order valence-corrected chi connectivity index (χ4v) is 1.03. The Bertz CT molecular complexity index is 263. The van der Waals surface area contributed by atoms with Crippen LogP contribution in [-0.4, -0.2) is 30.9 Å². The molecule has 0 saturated heterocycles.